The van der Waals surface area contributed by atoms with Crippen LogP contribution in [0.3, 0.4) is 0 Å². The normalized spacial score (nSPS) is 20.2. The highest BCUT2D eigenvalue weighted by atomic mass is 32.2. The van der Waals surface area contributed by atoms with Crippen LogP contribution >= 0.6 is 0 Å². The number of alkyl halides is 6. The van der Waals surface area contributed by atoms with Crippen molar-refractivity contribution < 1.29 is 44.3 Å². The molecule has 7 heterocycles. The zero-order chi connectivity index (χ0) is 43.3. The minimum atomic E-state index is -4.88. The second kappa shape index (κ2) is 16.7. The summed E-state index contributed by atoms with van der Waals surface area (Å²) in [5, 5.41) is 14.3. The van der Waals surface area contributed by atoms with Gasteiger partial charge in [-0.1, -0.05) is 0 Å². The highest BCUT2D eigenvalue weighted by molar-refractivity contribution is 7.86. The number of halogens is 6. The smallest absolute Gasteiger partial charge is 0.371 e. The Labute approximate surface area is 346 Å². The molecule has 4 aromatic rings. The van der Waals surface area contributed by atoms with Crippen molar-refractivity contribution in [2.24, 2.45) is 13.0 Å². The van der Waals surface area contributed by atoms with Crippen molar-refractivity contribution in [3.8, 4) is 11.3 Å². The van der Waals surface area contributed by atoms with Crippen LogP contribution in [0.25, 0.3) is 22.2 Å². The maximum absolute atomic E-state index is 13.8. The van der Waals surface area contributed by atoms with Gasteiger partial charge in [-0.15, -0.1) is 0 Å². The van der Waals surface area contributed by atoms with Gasteiger partial charge in [-0.05, 0) is 49.8 Å². The summed E-state index contributed by atoms with van der Waals surface area (Å²) in [4.78, 5) is 38.1. The van der Waals surface area contributed by atoms with E-state index in [1.165, 1.54) is 13.5 Å². The molecule has 0 unspecified atom stereocenters. The summed E-state index contributed by atoms with van der Waals surface area (Å²) in [7, 11) is -1.93. The van der Waals surface area contributed by atoms with Crippen molar-refractivity contribution in [2.75, 3.05) is 80.6 Å². The third-order valence-corrected chi connectivity index (χ3v) is 13.8. The van der Waals surface area contributed by atoms with Crippen LogP contribution < -0.4 is 20.4 Å². The molecule has 0 radical (unpaired) electrons. The van der Waals surface area contributed by atoms with E-state index in [0.29, 0.717) is 61.6 Å². The fourth-order valence-electron chi connectivity index (χ4n) is 8.48. The van der Waals surface area contributed by atoms with E-state index in [2.05, 4.69) is 46.7 Å². The fraction of sp³-hybridized carbons (Fsp3) is 0.568. The first kappa shape index (κ1) is 42.6. The molecule has 4 aliphatic heterocycles. The molecule has 1 aromatic carbocycles. The quantitative estimate of drug-likeness (QED) is 0.222. The minimum Gasteiger partial charge on any atom is -0.371 e. The topological polar surface area (TPSA) is 170 Å². The van der Waals surface area contributed by atoms with E-state index in [1.807, 2.05) is 19.2 Å². The van der Waals surface area contributed by atoms with Crippen LogP contribution in [0.2, 0.25) is 0 Å². The average Bonchev–Trinajstić information content (AvgIpc) is 3.80. The number of aromatic nitrogens is 6. The van der Waals surface area contributed by atoms with Crippen molar-refractivity contribution in [1.82, 2.24) is 48.4 Å². The number of nitrogens with zero attached hydrogens (tertiary/aromatic N) is 11. The molecule has 2 N–H and O–H groups in total. The molecular weight excluding hydrogens is 837 g/mol. The second-order valence-corrected chi connectivity index (χ2v) is 17.8. The summed E-state index contributed by atoms with van der Waals surface area (Å²) < 4.78 is 112. The highest BCUT2D eigenvalue weighted by Gasteiger charge is 2.38. The van der Waals surface area contributed by atoms with Gasteiger partial charge in [-0.2, -0.15) is 53.6 Å². The second-order valence-electron chi connectivity index (χ2n) is 15.9. The van der Waals surface area contributed by atoms with Gasteiger partial charge in [0, 0.05) is 114 Å². The van der Waals surface area contributed by atoms with Crippen LogP contribution in [0.1, 0.15) is 37.7 Å². The summed E-state index contributed by atoms with van der Waals surface area (Å²) in [6.45, 7) is 3.62. The number of amides is 3. The molecule has 330 valence electrons. The van der Waals surface area contributed by atoms with E-state index in [9.17, 15) is 44.3 Å². The summed E-state index contributed by atoms with van der Waals surface area (Å²) >= 11 is 0. The number of urea groups is 1. The van der Waals surface area contributed by atoms with Gasteiger partial charge < -0.3 is 15.1 Å². The number of benzene rings is 1. The van der Waals surface area contributed by atoms with Crippen molar-refractivity contribution in [1.29, 1.82) is 0 Å². The number of hydrogen-bond acceptors (Lipinski definition) is 11. The maximum atomic E-state index is 13.8. The molecule has 0 aliphatic carbocycles. The highest BCUT2D eigenvalue weighted by Crippen LogP contribution is 2.37. The monoisotopic (exact) mass is 881 g/mol. The Bertz CT molecular complexity index is 2370. The molecular formula is C37H45F6N13O4S. The lowest BCUT2D eigenvalue weighted by Gasteiger charge is -2.41. The van der Waals surface area contributed by atoms with Crippen molar-refractivity contribution >= 4 is 50.5 Å². The molecule has 3 amide bonds. The molecule has 0 saturated carbocycles. The van der Waals surface area contributed by atoms with Crippen LogP contribution in [-0.4, -0.2) is 141 Å². The van der Waals surface area contributed by atoms with E-state index in [0.717, 1.165) is 61.5 Å². The first-order chi connectivity index (χ1) is 28.9. The standard InChI is InChI=1S/C37H45F6N13O4S/c1-50-30-18-27(2-3-28(30)33(49-50)56-13-8-31(57)47-35(56)58)52-9-4-24(5-10-52)21-51-14-16-55(17-15-51)61(59,60)54-11-6-26(7-12-54)46-34-44-20-29(37(41,42)43)32(48-34)25-19-45-53(22-25)23-36(38,39)40/h2-3,18-20,22,24,26H,4-17,21,23H2,1H3,(H,44,46,48)(H,47,57,58). The van der Waals surface area contributed by atoms with Gasteiger partial charge in [0.2, 0.25) is 11.9 Å². The van der Waals surface area contributed by atoms with E-state index in [1.54, 1.807) is 4.68 Å². The number of nitrogens with one attached hydrogen (secondary N) is 2. The lowest BCUT2D eigenvalue weighted by atomic mass is 9.95. The molecule has 17 nitrogen and oxygen atoms in total. The Balaban J connectivity index is 0.799. The van der Waals surface area contributed by atoms with Crippen molar-refractivity contribution in [3.05, 3.63) is 42.4 Å². The maximum Gasteiger partial charge on any atom is 0.419 e. The number of anilines is 3. The van der Waals surface area contributed by atoms with Gasteiger partial charge in [0.25, 0.3) is 10.2 Å². The predicted octanol–water partition coefficient (Wildman–Crippen LogP) is 3.91. The number of aryl methyl sites for hydroxylation is 1. The molecule has 4 aliphatic rings. The largest absolute Gasteiger partial charge is 0.419 e. The summed E-state index contributed by atoms with van der Waals surface area (Å²) in [5.74, 6) is 0.508. The lowest BCUT2D eigenvalue weighted by molar-refractivity contribution is -0.142. The average molecular weight is 882 g/mol. The third kappa shape index (κ3) is 9.40. The third-order valence-electron chi connectivity index (χ3n) is 11.7. The molecule has 4 fully saturated rings. The van der Waals surface area contributed by atoms with E-state index in [4.69, 9.17) is 0 Å². The molecule has 3 aromatic heterocycles. The molecule has 0 spiro atoms. The Morgan fingerprint density at radius 2 is 1.59 bits per heavy atom. The van der Waals surface area contributed by atoms with E-state index < -0.39 is 46.4 Å². The lowest BCUT2D eigenvalue weighted by Crippen LogP contribution is -2.55. The van der Waals surface area contributed by atoms with Gasteiger partial charge in [0.05, 0.1) is 17.4 Å². The molecule has 0 bridgehead atoms. The number of imide groups is 1. The van der Waals surface area contributed by atoms with Crippen LogP contribution in [-0.2, 0) is 34.8 Å². The number of rotatable bonds is 10. The zero-order valence-electron chi connectivity index (χ0n) is 33.2. The predicted molar refractivity (Wildman–Crippen MR) is 211 cm³/mol. The first-order valence-corrected chi connectivity index (χ1v) is 21.4. The Morgan fingerprint density at radius 1 is 0.885 bits per heavy atom. The van der Waals surface area contributed by atoms with Gasteiger partial charge in [0.1, 0.15) is 12.1 Å². The Kier molecular flexibility index (Phi) is 11.6. The van der Waals surface area contributed by atoms with Crippen molar-refractivity contribution in [2.45, 2.75) is 57.0 Å². The summed E-state index contributed by atoms with van der Waals surface area (Å²) in [5.41, 5.74) is -0.154. The van der Waals surface area contributed by atoms with E-state index in [-0.39, 0.29) is 49.5 Å². The number of piperidine rings is 2. The van der Waals surface area contributed by atoms with Gasteiger partial charge in [-0.3, -0.25) is 24.4 Å². The molecule has 8 rings (SSSR count). The zero-order valence-corrected chi connectivity index (χ0v) is 34.0. The number of piperazine rings is 1. The van der Waals surface area contributed by atoms with Crippen molar-refractivity contribution in [3.63, 3.8) is 0 Å². The van der Waals surface area contributed by atoms with Crippen LogP contribution in [0, 0.1) is 5.92 Å². The minimum absolute atomic E-state index is 0.165. The number of fused-ring (bicyclic) bond motifs is 1. The Morgan fingerprint density at radius 3 is 2.26 bits per heavy atom. The first-order valence-electron chi connectivity index (χ1n) is 20.0. The summed E-state index contributed by atoms with van der Waals surface area (Å²) in [6.07, 6.45) is -4.37. The van der Waals surface area contributed by atoms with Crippen LogP contribution in [0.5, 0.6) is 0 Å². The van der Waals surface area contributed by atoms with E-state index >= 15 is 0 Å². The molecule has 0 atom stereocenters. The number of carbonyl (C=O) groups is 2. The van der Waals surface area contributed by atoms with Crippen LogP contribution in [0.4, 0.5) is 48.6 Å². The van der Waals surface area contributed by atoms with Crippen LogP contribution in [0.15, 0.2) is 36.8 Å². The Hall–Kier alpha value is -5.07. The fourth-order valence-corrected chi connectivity index (χ4v) is 10.1. The van der Waals surface area contributed by atoms with Gasteiger partial charge in [-0.25, -0.2) is 14.8 Å². The number of carbonyl (C=O) groups excluding carboxylic acids is 2. The summed E-state index contributed by atoms with van der Waals surface area (Å²) in [6, 6.07) is 5.25. The number of hydrogen-bond donors (Lipinski definition) is 2. The van der Waals surface area contributed by atoms with Gasteiger partial charge in [0.15, 0.2) is 5.82 Å². The molecule has 24 heteroatoms. The molecule has 4 saturated heterocycles. The molecule has 61 heavy (non-hydrogen) atoms. The van der Waals surface area contributed by atoms with Gasteiger partial charge >= 0.3 is 18.4 Å². The SMILES string of the molecule is Cn1nc(N2CCC(=O)NC2=O)c2ccc(N3CCC(CN4CCN(S(=O)(=O)N5CCC(Nc6ncc(C(F)(F)F)c(-c7cnn(CC(F)(F)F)c7)n6)CC5)CC4)CC3)cc21.